The molecule has 4 heteroatoms. The highest BCUT2D eigenvalue weighted by Gasteiger charge is 2.20. The number of nitrogens with two attached hydrogens (primary N) is 1. The Bertz CT molecular complexity index is 681. The van der Waals surface area contributed by atoms with E-state index in [1.165, 1.54) is 11.1 Å². The third-order valence-corrected chi connectivity index (χ3v) is 4.27. The van der Waals surface area contributed by atoms with Gasteiger partial charge in [0.05, 0.1) is 0 Å². The molecule has 0 bridgehead atoms. The lowest BCUT2D eigenvalue weighted by Crippen LogP contribution is -2.41. The first-order chi connectivity index (χ1) is 12.8. The maximum atomic E-state index is 12.2. The van der Waals surface area contributed by atoms with E-state index in [4.69, 9.17) is 10.5 Å². The average molecular weight is 369 g/mol. The molecule has 0 radical (unpaired) electrons. The molecule has 0 saturated carbocycles. The minimum absolute atomic E-state index is 0.0101. The normalized spacial score (nSPS) is 13.6. The van der Waals surface area contributed by atoms with Crippen LogP contribution in [0.1, 0.15) is 44.7 Å². The van der Waals surface area contributed by atoms with Crippen molar-refractivity contribution in [3.63, 3.8) is 0 Å². The Morgan fingerprint density at radius 2 is 1.44 bits per heavy atom. The summed E-state index contributed by atoms with van der Waals surface area (Å²) < 4.78 is 5.43. The Balaban J connectivity index is 1.93. The lowest BCUT2D eigenvalue weighted by atomic mass is 9.96. The highest BCUT2D eigenvalue weighted by atomic mass is 16.6. The molecule has 146 valence electrons. The van der Waals surface area contributed by atoms with Gasteiger partial charge in [-0.1, -0.05) is 60.7 Å². The molecule has 0 saturated heterocycles. The van der Waals surface area contributed by atoms with Gasteiger partial charge in [0.2, 0.25) is 0 Å². The van der Waals surface area contributed by atoms with Crippen molar-refractivity contribution < 1.29 is 9.53 Å². The van der Waals surface area contributed by atoms with Gasteiger partial charge in [0.1, 0.15) is 5.60 Å². The van der Waals surface area contributed by atoms with E-state index in [1.54, 1.807) is 0 Å². The first-order valence-electron chi connectivity index (χ1n) is 9.65. The summed E-state index contributed by atoms with van der Waals surface area (Å²) in [7, 11) is 0. The number of nitrogens with one attached hydrogen (secondary N) is 1. The zero-order valence-electron chi connectivity index (χ0n) is 16.7. The summed E-state index contributed by atoms with van der Waals surface area (Å²) in [5.74, 6) is 0. The van der Waals surface area contributed by atoms with E-state index in [1.807, 2.05) is 57.2 Å². The lowest BCUT2D eigenvalue weighted by Gasteiger charge is -2.24. The second kappa shape index (κ2) is 10.1. The fraction of sp³-hybridized carbons (Fsp3) is 0.435. The zero-order chi connectivity index (χ0) is 19.7. The molecule has 0 aliphatic heterocycles. The predicted octanol–water partition coefficient (Wildman–Crippen LogP) is 4.47. The van der Waals surface area contributed by atoms with E-state index < -0.39 is 5.60 Å². The molecule has 2 aromatic rings. The van der Waals surface area contributed by atoms with Crippen molar-refractivity contribution in [1.29, 1.82) is 0 Å². The van der Waals surface area contributed by atoms with Crippen molar-refractivity contribution in [3.8, 4) is 0 Å². The largest absolute Gasteiger partial charge is 0.444 e. The van der Waals surface area contributed by atoms with Crippen LogP contribution in [0.2, 0.25) is 0 Å². The molecule has 2 rings (SSSR count). The standard InChI is InChI=1S/C23H32N2O2/c1-23(2,3)27-22(26)25-21(17-19-12-8-5-9-13-19)15-14-20(24)16-18-10-6-4-7-11-18/h4-13,20-21H,14-17,24H2,1-3H3,(H,25,26)/t20-,21-/m1/s1. The Labute approximate surface area is 163 Å². The first-order valence-corrected chi connectivity index (χ1v) is 9.65. The number of benzene rings is 2. The molecule has 0 aromatic heterocycles. The lowest BCUT2D eigenvalue weighted by molar-refractivity contribution is 0.0500. The van der Waals surface area contributed by atoms with Gasteiger partial charge in [0.15, 0.2) is 0 Å². The van der Waals surface area contributed by atoms with Crippen LogP contribution in [0.4, 0.5) is 4.79 Å². The Morgan fingerprint density at radius 1 is 0.926 bits per heavy atom. The van der Waals surface area contributed by atoms with Crippen LogP contribution in [0.3, 0.4) is 0 Å². The van der Waals surface area contributed by atoms with E-state index in [2.05, 4.69) is 29.6 Å². The van der Waals surface area contributed by atoms with E-state index in [0.29, 0.717) is 0 Å². The summed E-state index contributed by atoms with van der Waals surface area (Å²) in [5, 5.41) is 3.02. The zero-order valence-corrected chi connectivity index (χ0v) is 16.7. The molecule has 2 aromatic carbocycles. The molecule has 3 N–H and O–H groups in total. The third-order valence-electron chi connectivity index (χ3n) is 4.27. The SMILES string of the molecule is CC(C)(C)OC(=O)N[C@H](CC[C@@H](N)Cc1ccccc1)Cc1ccccc1. The predicted molar refractivity (Wildman–Crippen MR) is 111 cm³/mol. The van der Waals surface area contributed by atoms with Crippen molar-refractivity contribution in [2.24, 2.45) is 5.73 Å². The molecule has 0 aliphatic carbocycles. The maximum Gasteiger partial charge on any atom is 0.407 e. The van der Waals surface area contributed by atoms with Crippen LogP contribution in [0.25, 0.3) is 0 Å². The van der Waals surface area contributed by atoms with Crippen molar-refractivity contribution >= 4 is 6.09 Å². The summed E-state index contributed by atoms with van der Waals surface area (Å²) >= 11 is 0. The van der Waals surface area contributed by atoms with E-state index in [9.17, 15) is 4.79 Å². The monoisotopic (exact) mass is 368 g/mol. The molecule has 1 amide bonds. The number of carbonyl (C=O) groups is 1. The second-order valence-electron chi connectivity index (χ2n) is 8.06. The third kappa shape index (κ3) is 8.74. The van der Waals surface area contributed by atoms with Crippen molar-refractivity contribution in [2.75, 3.05) is 0 Å². The molecular weight excluding hydrogens is 336 g/mol. The van der Waals surface area contributed by atoms with Crippen molar-refractivity contribution in [1.82, 2.24) is 5.32 Å². The summed E-state index contributed by atoms with van der Waals surface area (Å²) in [5.41, 5.74) is 8.26. The van der Waals surface area contributed by atoms with Crippen molar-refractivity contribution in [2.45, 2.75) is 64.1 Å². The number of rotatable bonds is 8. The molecule has 4 nitrogen and oxygen atoms in total. The van der Waals surface area contributed by atoms with Gasteiger partial charge >= 0.3 is 6.09 Å². The van der Waals surface area contributed by atoms with E-state index in [-0.39, 0.29) is 18.2 Å². The number of carbonyl (C=O) groups excluding carboxylic acids is 1. The van der Waals surface area contributed by atoms with Gasteiger partial charge in [-0.2, -0.15) is 0 Å². The van der Waals surface area contributed by atoms with Crippen LogP contribution in [-0.4, -0.2) is 23.8 Å². The number of hydrogen-bond acceptors (Lipinski definition) is 3. The molecular formula is C23H32N2O2. The molecule has 2 atom stereocenters. The highest BCUT2D eigenvalue weighted by molar-refractivity contribution is 5.68. The van der Waals surface area contributed by atoms with Gasteiger partial charge in [-0.3, -0.25) is 0 Å². The molecule has 0 unspecified atom stereocenters. The average Bonchev–Trinajstić information content (AvgIpc) is 2.60. The summed E-state index contributed by atoms with van der Waals surface area (Å²) in [6.07, 6.45) is 2.87. The Kier molecular flexibility index (Phi) is 7.86. The smallest absolute Gasteiger partial charge is 0.407 e. The van der Waals surface area contributed by atoms with E-state index >= 15 is 0 Å². The summed E-state index contributed by atoms with van der Waals surface area (Å²) in [4.78, 5) is 12.2. The van der Waals surface area contributed by atoms with Gasteiger partial charge in [-0.25, -0.2) is 4.79 Å². The van der Waals surface area contributed by atoms with Crippen LogP contribution in [-0.2, 0) is 17.6 Å². The minimum atomic E-state index is -0.509. The van der Waals surface area contributed by atoms with Crippen LogP contribution < -0.4 is 11.1 Å². The maximum absolute atomic E-state index is 12.2. The number of ether oxygens (including phenoxy) is 1. The fourth-order valence-corrected chi connectivity index (χ4v) is 3.03. The van der Waals surface area contributed by atoms with E-state index in [0.717, 1.165) is 25.7 Å². The van der Waals surface area contributed by atoms with Gasteiger partial charge < -0.3 is 15.8 Å². The molecule has 0 heterocycles. The number of hydrogen-bond donors (Lipinski definition) is 2. The number of alkyl carbamates (subject to hydrolysis) is 1. The van der Waals surface area contributed by atoms with Crippen molar-refractivity contribution in [3.05, 3.63) is 71.8 Å². The molecule has 0 fully saturated rings. The fourth-order valence-electron chi connectivity index (χ4n) is 3.03. The van der Waals surface area contributed by atoms with Crippen LogP contribution in [0.15, 0.2) is 60.7 Å². The molecule has 27 heavy (non-hydrogen) atoms. The minimum Gasteiger partial charge on any atom is -0.444 e. The molecule has 0 aliphatic rings. The summed E-state index contributed by atoms with van der Waals surface area (Å²) in [6.45, 7) is 5.61. The topological polar surface area (TPSA) is 64.3 Å². The molecule has 0 spiro atoms. The summed E-state index contributed by atoms with van der Waals surface area (Å²) in [6, 6.07) is 20.5. The van der Waals surface area contributed by atoms with Gasteiger partial charge in [0, 0.05) is 12.1 Å². The van der Waals surface area contributed by atoms with Gasteiger partial charge in [0.25, 0.3) is 0 Å². The quantitative estimate of drug-likeness (QED) is 0.722. The first kappa shape index (κ1) is 21.0. The van der Waals surface area contributed by atoms with Gasteiger partial charge in [-0.05, 0) is 57.6 Å². The highest BCUT2D eigenvalue weighted by Crippen LogP contribution is 2.13. The van der Waals surface area contributed by atoms with Gasteiger partial charge in [-0.15, -0.1) is 0 Å². The Morgan fingerprint density at radius 3 is 1.96 bits per heavy atom. The van der Waals surface area contributed by atoms with Crippen LogP contribution in [0.5, 0.6) is 0 Å². The van der Waals surface area contributed by atoms with Crippen LogP contribution >= 0.6 is 0 Å². The second-order valence-corrected chi connectivity index (χ2v) is 8.06. The van der Waals surface area contributed by atoms with Crippen LogP contribution in [0, 0.1) is 0 Å². The Hall–Kier alpha value is -2.33. The number of amides is 1.